The average Bonchev–Trinajstić information content (AvgIpc) is 2.31. The summed E-state index contributed by atoms with van der Waals surface area (Å²) in [6.07, 6.45) is 0. The Bertz CT molecular complexity index is 321. The number of aryl methyl sites for hydroxylation is 1. The third kappa shape index (κ3) is 3.13. The van der Waals surface area contributed by atoms with Crippen molar-refractivity contribution in [2.75, 3.05) is 25.0 Å². The van der Waals surface area contributed by atoms with Crippen LogP contribution in [0.2, 0.25) is 0 Å². The molecule has 0 aromatic heterocycles. The summed E-state index contributed by atoms with van der Waals surface area (Å²) in [4.78, 5) is 0. The van der Waals surface area contributed by atoms with Crippen LogP contribution in [0.1, 0.15) is 18.1 Å². The van der Waals surface area contributed by atoms with Crippen molar-refractivity contribution < 1.29 is 4.74 Å². The van der Waals surface area contributed by atoms with E-state index in [2.05, 4.69) is 25.1 Å². The van der Waals surface area contributed by atoms with Gasteiger partial charge in [0.1, 0.15) is 0 Å². The van der Waals surface area contributed by atoms with Crippen molar-refractivity contribution in [1.82, 2.24) is 0 Å². The highest BCUT2D eigenvalue weighted by Crippen LogP contribution is 2.28. The first kappa shape index (κ1) is 13.8. The molecule has 0 saturated heterocycles. The molecule has 1 rings (SSSR count). The predicted octanol–water partition coefficient (Wildman–Crippen LogP) is 3.75. The highest BCUT2D eigenvalue weighted by Gasteiger charge is 2.31. The van der Waals surface area contributed by atoms with Gasteiger partial charge in [0, 0.05) is 23.8 Å². The molecule has 0 fully saturated rings. The maximum atomic E-state index is 6.08. The maximum Gasteiger partial charge on any atom is 0.0585 e. The zero-order valence-corrected chi connectivity index (χ0v) is 11.3. The van der Waals surface area contributed by atoms with Gasteiger partial charge in [-0.05, 0) is 19.4 Å². The van der Waals surface area contributed by atoms with E-state index in [4.69, 9.17) is 27.9 Å². The summed E-state index contributed by atoms with van der Waals surface area (Å²) >= 11 is 12.2. The second-order valence-corrected chi connectivity index (χ2v) is 4.59. The predicted molar refractivity (Wildman–Crippen MR) is 70.8 cm³/mol. The minimum absolute atomic E-state index is 0.273. The molecule has 0 amide bonds. The van der Waals surface area contributed by atoms with E-state index in [0.29, 0.717) is 25.0 Å². The van der Waals surface area contributed by atoms with Crippen LogP contribution in [0.15, 0.2) is 24.3 Å². The fraction of sp³-hybridized carbons (Fsp3) is 0.538. The summed E-state index contributed by atoms with van der Waals surface area (Å²) in [5, 5.41) is 0. The molecule has 0 atom stereocenters. The van der Waals surface area contributed by atoms with Crippen LogP contribution in [0.5, 0.6) is 0 Å². The summed E-state index contributed by atoms with van der Waals surface area (Å²) in [5.74, 6) is 0.944. The van der Waals surface area contributed by atoms with Crippen LogP contribution < -0.4 is 0 Å². The Kier molecular flexibility index (Phi) is 5.60. The van der Waals surface area contributed by atoms with Gasteiger partial charge < -0.3 is 4.74 Å². The number of ether oxygens (including phenoxy) is 1. The SMILES string of the molecule is CCOCC(CCl)(CCl)c1cccc(C)c1. The van der Waals surface area contributed by atoms with E-state index in [1.807, 2.05) is 13.0 Å². The van der Waals surface area contributed by atoms with Gasteiger partial charge in [0.25, 0.3) is 0 Å². The Morgan fingerprint density at radius 2 is 1.94 bits per heavy atom. The summed E-state index contributed by atoms with van der Waals surface area (Å²) < 4.78 is 5.51. The molecule has 16 heavy (non-hydrogen) atoms. The fourth-order valence-electron chi connectivity index (χ4n) is 1.62. The van der Waals surface area contributed by atoms with Crippen molar-refractivity contribution in [2.45, 2.75) is 19.3 Å². The number of rotatable bonds is 6. The first-order valence-corrected chi connectivity index (χ1v) is 6.52. The van der Waals surface area contributed by atoms with E-state index >= 15 is 0 Å². The van der Waals surface area contributed by atoms with Crippen molar-refractivity contribution in [3.05, 3.63) is 35.4 Å². The van der Waals surface area contributed by atoms with Gasteiger partial charge in [-0.15, -0.1) is 23.2 Å². The first-order chi connectivity index (χ1) is 7.68. The number of hydrogen-bond acceptors (Lipinski definition) is 1. The van der Waals surface area contributed by atoms with Crippen LogP contribution in [0.3, 0.4) is 0 Å². The largest absolute Gasteiger partial charge is 0.381 e. The Balaban J connectivity index is 2.99. The summed E-state index contributed by atoms with van der Waals surface area (Å²) in [7, 11) is 0. The molecular formula is C13H18Cl2O. The molecule has 0 unspecified atom stereocenters. The minimum Gasteiger partial charge on any atom is -0.381 e. The van der Waals surface area contributed by atoms with Crippen LogP contribution in [0, 0.1) is 6.92 Å². The molecule has 0 heterocycles. The Hall–Kier alpha value is -0.240. The number of halogens is 2. The molecular weight excluding hydrogens is 243 g/mol. The summed E-state index contributed by atoms with van der Waals surface area (Å²) in [6.45, 7) is 5.29. The maximum absolute atomic E-state index is 6.08. The zero-order valence-electron chi connectivity index (χ0n) is 9.80. The molecule has 0 N–H and O–H groups in total. The van der Waals surface area contributed by atoms with E-state index in [1.165, 1.54) is 5.56 Å². The molecule has 1 aromatic carbocycles. The van der Waals surface area contributed by atoms with Gasteiger partial charge in [-0.1, -0.05) is 29.8 Å². The average molecular weight is 261 g/mol. The van der Waals surface area contributed by atoms with Crippen molar-refractivity contribution in [3.63, 3.8) is 0 Å². The fourth-order valence-corrected chi connectivity index (χ4v) is 2.37. The topological polar surface area (TPSA) is 9.23 Å². The molecule has 0 aliphatic heterocycles. The third-order valence-electron chi connectivity index (χ3n) is 2.72. The first-order valence-electron chi connectivity index (χ1n) is 5.45. The molecule has 0 aliphatic carbocycles. The molecule has 1 nitrogen and oxygen atoms in total. The molecule has 0 saturated carbocycles. The van der Waals surface area contributed by atoms with Gasteiger partial charge in [0.15, 0.2) is 0 Å². The minimum atomic E-state index is -0.273. The molecule has 0 bridgehead atoms. The molecule has 0 aliphatic rings. The van der Waals surface area contributed by atoms with E-state index < -0.39 is 0 Å². The van der Waals surface area contributed by atoms with Gasteiger partial charge in [-0.2, -0.15) is 0 Å². The van der Waals surface area contributed by atoms with Crippen molar-refractivity contribution in [1.29, 1.82) is 0 Å². The summed E-state index contributed by atoms with van der Waals surface area (Å²) in [5.41, 5.74) is 2.10. The highest BCUT2D eigenvalue weighted by molar-refractivity contribution is 6.22. The standard InChI is InChI=1S/C13H18Cl2O/c1-3-16-10-13(8-14,9-15)12-6-4-5-11(2)7-12/h4-7H,3,8-10H2,1-2H3. The number of hydrogen-bond donors (Lipinski definition) is 0. The van der Waals surface area contributed by atoms with E-state index in [9.17, 15) is 0 Å². The Labute approximate surface area is 108 Å². The van der Waals surface area contributed by atoms with E-state index in [-0.39, 0.29) is 5.41 Å². The van der Waals surface area contributed by atoms with Gasteiger partial charge in [0.05, 0.1) is 6.61 Å². The van der Waals surface area contributed by atoms with Crippen molar-refractivity contribution in [3.8, 4) is 0 Å². The normalized spacial score (nSPS) is 11.8. The lowest BCUT2D eigenvalue weighted by Crippen LogP contribution is -2.36. The van der Waals surface area contributed by atoms with Crippen molar-refractivity contribution in [2.24, 2.45) is 0 Å². The highest BCUT2D eigenvalue weighted by atomic mass is 35.5. The van der Waals surface area contributed by atoms with Crippen molar-refractivity contribution >= 4 is 23.2 Å². The van der Waals surface area contributed by atoms with Gasteiger partial charge >= 0.3 is 0 Å². The Morgan fingerprint density at radius 1 is 1.25 bits per heavy atom. The molecule has 0 radical (unpaired) electrons. The van der Waals surface area contributed by atoms with Crippen LogP contribution in [0.25, 0.3) is 0 Å². The Morgan fingerprint density at radius 3 is 2.44 bits per heavy atom. The summed E-state index contributed by atoms with van der Waals surface area (Å²) in [6, 6.07) is 8.29. The monoisotopic (exact) mass is 260 g/mol. The second kappa shape index (κ2) is 6.48. The van der Waals surface area contributed by atoms with Crippen LogP contribution in [-0.2, 0) is 10.2 Å². The molecule has 3 heteroatoms. The van der Waals surface area contributed by atoms with E-state index in [1.54, 1.807) is 0 Å². The smallest absolute Gasteiger partial charge is 0.0585 e. The lowest BCUT2D eigenvalue weighted by atomic mass is 9.84. The van der Waals surface area contributed by atoms with Crippen LogP contribution in [0.4, 0.5) is 0 Å². The lowest BCUT2D eigenvalue weighted by molar-refractivity contribution is 0.108. The van der Waals surface area contributed by atoms with Crippen LogP contribution >= 0.6 is 23.2 Å². The molecule has 0 spiro atoms. The van der Waals surface area contributed by atoms with E-state index in [0.717, 1.165) is 5.56 Å². The van der Waals surface area contributed by atoms with Gasteiger partial charge in [0.2, 0.25) is 0 Å². The van der Waals surface area contributed by atoms with Gasteiger partial charge in [-0.25, -0.2) is 0 Å². The number of alkyl halides is 2. The zero-order chi connectivity index (χ0) is 12.0. The number of benzene rings is 1. The van der Waals surface area contributed by atoms with Gasteiger partial charge in [-0.3, -0.25) is 0 Å². The quantitative estimate of drug-likeness (QED) is 0.709. The second-order valence-electron chi connectivity index (χ2n) is 4.05. The molecule has 1 aromatic rings. The van der Waals surface area contributed by atoms with Crippen LogP contribution in [-0.4, -0.2) is 25.0 Å². The lowest BCUT2D eigenvalue weighted by Gasteiger charge is -2.30. The molecule has 90 valence electrons. The third-order valence-corrected chi connectivity index (χ3v) is 3.75.